The topological polar surface area (TPSA) is 114 Å². The fourth-order valence-electron chi connectivity index (χ4n) is 7.20. The number of rotatable bonds is 7. The summed E-state index contributed by atoms with van der Waals surface area (Å²) in [5.74, 6) is -0.924. The molecular weight excluding hydrogens is 566 g/mol. The molecule has 3 aromatic heterocycles. The van der Waals surface area contributed by atoms with Crippen molar-refractivity contribution in [1.82, 2.24) is 29.7 Å². The van der Waals surface area contributed by atoms with Gasteiger partial charge in [-0.2, -0.15) is 9.97 Å². The van der Waals surface area contributed by atoms with Gasteiger partial charge in [0.15, 0.2) is 5.82 Å². The van der Waals surface area contributed by atoms with Crippen molar-refractivity contribution in [2.75, 3.05) is 50.5 Å². The van der Waals surface area contributed by atoms with Gasteiger partial charge in [-0.25, -0.2) is 13.8 Å². The smallest absolute Gasteiger partial charge is 0.319 e. The number of fused-ring (bicyclic) bond motifs is 3. The van der Waals surface area contributed by atoms with E-state index < -0.39 is 11.6 Å². The molecule has 10 nitrogen and oxygen atoms in total. The molecule has 1 atom stereocenters. The van der Waals surface area contributed by atoms with Crippen LogP contribution in [-0.2, 0) is 4.79 Å². The molecule has 4 aromatic rings. The second kappa shape index (κ2) is 10.9. The first-order valence-corrected chi connectivity index (χ1v) is 15.0. The van der Waals surface area contributed by atoms with Crippen LogP contribution in [0.15, 0.2) is 43.1 Å². The Kier molecular flexibility index (Phi) is 7.03. The summed E-state index contributed by atoms with van der Waals surface area (Å²) in [7, 11) is 1.86. The van der Waals surface area contributed by atoms with Crippen LogP contribution in [0.2, 0.25) is 0 Å². The Bertz CT molecular complexity index is 1790. The van der Waals surface area contributed by atoms with Crippen LogP contribution in [0.3, 0.4) is 0 Å². The van der Waals surface area contributed by atoms with E-state index in [1.807, 2.05) is 11.9 Å². The number of likely N-dealkylation sites (tertiary alicyclic amines) is 1. The Morgan fingerprint density at radius 1 is 1.18 bits per heavy atom. The first-order valence-electron chi connectivity index (χ1n) is 15.0. The Balaban J connectivity index is 1.34. The average molecular weight is 601 g/mol. The summed E-state index contributed by atoms with van der Waals surface area (Å²) in [4.78, 5) is 36.5. The van der Waals surface area contributed by atoms with Gasteiger partial charge in [-0.15, -0.1) is 0 Å². The van der Waals surface area contributed by atoms with E-state index >= 15 is 8.78 Å². The number of anilines is 2. The van der Waals surface area contributed by atoms with E-state index in [0.29, 0.717) is 42.7 Å². The average Bonchev–Trinajstić information content (AvgIpc) is 3.76. The van der Waals surface area contributed by atoms with Gasteiger partial charge in [0.2, 0.25) is 5.91 Å². The number of nitrogens with two attached hydrogens (primary N) is 1. The van der Waals surface area contributed by atoms with Crippen LogP contribution in [0.4, 0.5) is 20.4 Å². The standard InChI is InChI=1S/C32H34F2N8O2/c1-3-24(43)41-14-9-20(17-41)40(2)30-21-16-36-29(28-25-19(15-23(35)37-28)7-4-8-22(25)33)26(34)27(21)38-31(39-30)44-18-32-10-5-12-42(32)13-6-11-32/h3-4,7-8,15-16,20H,1,5-6,9-14,17-18H2,2H3,(H2,35,37). The van der Waals surface area contributed by atoms with E-state index in [4.69, 9.17) is 15.5 Å². The summed E-state index contributed by atoms with van der Waals surface area (Å²) >= 11 is 0. The third kappa shape index (κ3) is 4.68. The molecule has 0 aliphatic carbocycles. The molecule has 6 heterocycles. The molecular formula is C32H34F2N8O2. The predicted molar refractivity (Wildman–Crippen MR) is 164 cm³/mol. The van der Waals surface area contributed by atoms with E-state index in [0.717, 1.165) is 38.8 Å². The number of nitrogens with zero attached hydrogens (tertiary/aromatic N) is 7. The molecule has 3 saturated heterocycles. The van der Waals surface area contributed by atoms with Crippen molar-refractivity contribution in [3.63, 3.8) is 0 Å². The number of likely N-dealkylation sites (N-methyl/N-ethyl adjacent to an activating group) is 1. The van der Waals surface area contributed by atoms with E-state index in [2.05, 4.69) is 26.4 Å². The number of nitrogen functional groups attached to an aromatic ring is 1. The highest BCUT2D eigenvalue weighted by molar-refractivity contribution is 5.99. The second-order valence-corrected chi connectivity index (χ2v) is 12.0. The van der Waals surface area contributed by atoms with E-state index in [1.54, 1.807) is 23.1 Å². The summed E-state index contributed by atoms with van der Waals surface area (Å²) in [5, 5.41) is 0.970. The minimum Gasteiger partial charge on any atom is -0.461 e. The molecule has 1 amide bonds. The lowest BCUT2D eigenvalue weighted by Gasteiger charge is -2.31. The third-order valence-corrected chi connectivity index (χ3v) is 9.51. The van der Waals surface area contributed by atoms with Gasteiger partial charge in [-0.3, -0.25) is 14.7 Å². The molecule has 228 valence electrons. The molecule has 3 aliphatic heterocycles. The maximum atomic E-state index is 16.6. The molecule has 1 unspecified atom stereocenters. The Hall–Kier alpha value is -4.45. The fraction of sp³-hybridized carbons (Fsp3) is 0.406. The van der Waals surface area contributed by atoms with Crippen molar-refractivity contribution in [1.29, 1.82) is 0 Å². The zero-order valence-corrected chi connectivity index (χ0v) is 24.6. The van der Waals surface area contributed by atoms with Crippen molar-refractivity contribution >= 4 is 39.2 Å². The number of carbonyl (C=O) groups excluding carboxylic acids is 1. The first kappa shape index (κ1) is 28.3. The lowest BCUT2D eigenvalue weighted by molar-refractivity contribution is -0.125. The van der Waals surface area contributed by atoms with Gasteiger partial charge in [0.25, 0.3) is 0 Å². The number of pyridine rings is 2. The number of carbonyl (C=O) groups is 1. The van der Waals surface area contributed by atoms with Crippen molar-refractivity contribution < 1.29 is 18.3 Å². The fourth-order valence-corrected chi connectivity index (χ4v) is 7.20. The summed E-state index contributed by atoms with van der Waals surface area (Å²) < 4.78 is 38.0. The monoisotopic (exact) mass is 600 g/mol. The molecule has 3 aliphatic rings. The number of halogens is 2. The van der Waals surface area contributed by atoms with Gasteiger partial charge in [-0.05, 0) is 68.8 Å². The minimum atomic E-state index is -0.775. The molecule has 0 saturated carbocycles. The van der Waals surface area contributed by atoms with Gasteiger partial charge >= 0.3 is 6.01 Å². The van der Waals surface area contributed by atoms with Crippen molar-refractivity contribution in [2.45, 2.75) is 43.7 Å². The van der Waals surface area contributed by atoms with Crippen molar-refractivity contribution in [2.24, 2.45) is 0 Å². The SMILES string of the molecule is C=CC(=O)N1CCC(N(C)c2nc(OCC34CCCN3CCC4)nc3c(F)c(-c4nc(N)cc5cccc(F)c45)ncc23)C1. The van der Waals surface area contributed by atoms with Crippen molar-refractivity contribution in [3.05, 3.63) is 54.8 Å². The molecule has 0 bridgehead atoms. The number of amides is 1. The highest BCUT2D eigenvalue weighted by Gasteiger charge is 2.45. The first-order chi connectivity index (χ1) is 21.3. The molecule has 12 heteroatoms. The number of hydrogen-bond acceptors (Lipinski definition) is 9. The predicted octanol–water partition coefficient (Wildman–Crippen LogP) is 4.33. The van der Waals surface area contributed by atoms with E-state index in [9.17, 15) is 4.79 Å². The summed E-state index contributed by atoms with van der Waals surface area (Å²) in [5.41, 5.74) is 5.79. The van der Waals surface area contributed by atoms with Crippen LogP contribution in [-0.4, -0.2) is 87.1 Å². The number of ether oxygens (including phenoxy) is 1. The van der Waals surface area contributed by atoms with Gasteiger partial charge in [-0.1, -0.05) is 18.7 Å². The largest absolute Gasteiger partial charge is 0.461 e. The highest BCUT2D eigenvalue weighted by Crippen LogP contribution is 2.40. The van der Waals surface area contributed by atoms with Crippen LogP contribution in [0.25, 0.3) is 33.1 Å². The molecule has 1 aromatic carbocycles. The maximum absolute atomic E-state index is 16.6. The maximum Gasteiger partial charge on any atom is 0.319 e. The Labute approximate surface area is 253 Å². The van der Waals surface area contributed by atoms with Crippen molar-refractivity contribution in [3.8, 4) is 17.4 Å². The normalized spacial score (nSPS) is 19.5. The van der Waals surface area contributed by atoms with Gasteiger partial charge in [0.05, 0.1) is 10.9 Å². The highest BCUT2D eigenvalue weighted by atomic mass is 19.1. The quantitative estimate of drug-likeness (QED) is 0.310. The van der Waals surface area contributed by atoms with Crippen LogP contribution >= 0.6 is 0 Å². The summed E-state index contributed by atoms with van der Waals surface area (Å²) in [6.07, 6.45) is 7.77. The summed E-state index contributed by atoms with van der Waals surface area (Å²) in [6.45, 7) is 7.12. The van der Waals surface area contributed by atoms with E-state index in [1.165, 1.54) is 18.3 Å². The Morgan fingerprint density at radius 3 is 2.75 bits per heavy atom. The zero-order chi connectivity index (χ0) is 30.6. The third-order valence-electron chi connectivity index (χ3n) is 9.51. The van der Waals surface area contributed by atoms with Gasteiger partial charge in [0.1, 0.15) is 41.0 Å². The lowest BCUT2D eigenvalue weighted by Crippen LogP contribution is -2.43. The lowest BCUT2D eigenvalue weighted by atomic mass is 9.95. The van der Waals surface area contributed by atoms with Crippen LogP contribution in [0.5, 0.6) is 6.01 Å². The Morgan fingerprint density at radius 2 is 1.98 bits per heavy atom. The second-order valence-electron chi connectivity index (χ2n) is 12.0. The molecule has 0 spiro atoms. The zero-order valence-electron chi connectivity index (χ0n) is 24.6. The van der Waals surface area contributed by atoms with Crippen LogP contribution < -0.4 is 15.4 Å². The van der Waals surface area contributed by atoms with Gasteiger partial charge < -0.3 is 20.3 Å². The molecule has 44 heavy (non-hydrogen) atoms. The van der Waals surface area contributed by atoms with Crippen LogP contribution in [0.1, 0.15) is 32.1 Å². The van der Waals surface area contributed by atoms with E-state index in [-0.39, 0.29) is 51.6 Å². The minimum absolute atomic E-state index is 0.00528. The molecule has 7 rings (SSSR count). The number of benzene rings is 1. The van der Waals surface area contributed by atoms with Gasteiger partial charge in [0, 0.05) is 37.8 Å². The van der Waals surface area contributed by atoms with Crippen LogP contribution in [0, 0.1) is 11.6 Å². The summed E-state index contributed by atoms with van der Waals surface area (Å²) in [6, 6.07) is 6.06. The molecule has 2 N–H and O–H groups in total. The molecule has 3 fully saturated rings. The number of hydrogen-bond donors (Lipinski definition) is 1. The number of aromatic nitrogens is 4. The molecule has 0 radical (unpaired) electrons.